The molecule has 29 heavy (non-hydrogen) atoms. The maximum Gasteiger partial charge on any atom is 0.191 e. The third-order valence-corrected chi connectivity index (χ3v) is 6.07. The molecule has 2 fully saturated rings. The van der Waals surface area contributed by atoms with E-state index in [0.717, 1.165) is 50.3 Å². The standard InChI is InChI=1S/C20H31N7O.HI/c1-21-19(22-15-18-25-24-17-7-3-6-10-27(17)18)23-16-20(8-4-2-5-9-20)26-11-13-28-14-12-26;/h3,6-7,10H,2,4-5,8-9,11-16H2,1H3,(H2,21,22,23);1H. The van der Waals surface area contributed by atoms with E-state index in [9.17, 15) is 0 Å². The Morgan fingerprint density at radius 3 is 2.69 bits per heavy atom. The Hall–Kier alpha value is -1.46. The molecule has 0 bridgehead atoms. The van der Waals surface area contributed by atoms with E-state index in [4.69, 9.17) is 4.74 Å². The third-order valence-electron chi connectivity index (χ3n) is 6.07. The van der Waals surface area contributed by atoms with Gasteiger partial charge in [-0.15, -0.1) is 34.2 Å². The third kappa shape index (κ3) is 5.18. The van der Waals surface area contributed by atoms with Crippen LogP contribution in [0.4, 0.5) is 0 Å². The summed E-state index contributed by atoms with van der Waals surface area (Å²) in [6, 6.07) is 5.91. The van der Waals surface area contributed by atoms with Crippen molar-refractivity contribution >= 4 is 35.6 Å². The highest BCUT2D eigenvalue weighted by Gasteiger charge is 2.38. The van der Waals surface area contributed by atoms with Gasteiger partial charge in [-0.3, -0.25) is 14.3 Å². The van der Waals surface area contributed by atoms with Crippen molar-refractivity contribution < 1.29 is 4.74 Å². The molecule has 0 unspecified atom stereocenters. The number of aromatic nitrogens is 3. The second kappa shape index (κ2) is 10.5. The van der Waals surface area contributed by atoms with Crippen LogP contribution < -0.4 is 10.6 Å². The molecule has 0 aromatic carbocycles. The van der Waals surface area contributed by atoms with Crippen LogP contribution in [-0.2, 0) is 11.3 Å². The lowest BCUT2D eigenvalue weighted by Crippen LogP contribution is -2.60. The summed E-state index contributed by atoms with van der Waals surface area (Å²) in [5, 5.41) is 15.5. The Balaban J connectivity index is 0.00000240. The molecule has 1 saturated carbocycles. The molecule has 1 aliphatic heterocycles. The van der Waals surface area contributed by atoms with E-state index in [1.165, 1.54) is 32.1 Å². The van der Waals surface area contributed by atoms with Crippen LogP contribution in [0.15, 0.2) is 29.4 Å². The zero-order valence-corrected chi connectivity index (χ0v) is 19.5. The molecule has 0 atom stereocenters. The van der Waals surface area contributed by atoms with Crippen molar-refractivity contribution in [1.29, 1.82) is 0 Å². The number of halogens is 1. The minimum atomic E-state index is 0. The van der Waals surface area contributed by atoms with Gasteiger partial charge in [-0.05, 0) is 25.0 Å². The number of fused-ring (bicyclic) bond motifs is 1. The largest absolute Gasteiger partial charge is 0.379 e. The Morgan fingerprint density at radius 2 is 1.93 bits per heavy atom. The maximum absolute atomic E-state index is 5.58. The van der Waals surface area contributed by atoms with E-state index in [1.807, 2.05) is 35.8 Å². The Kier molecular flexibility index (Phi) is 8.07. The quantitative estimate of drug-likeness (QED) is 0.362. The van der Waals surface area contributed by atoms with E-state index < -0.39 is 0 Å². The molecule has 2 aromatic rings. The van der Waals surface area contributed by atoms with Gasteiger partial charge in [-0.2, -0.15) is 0 Å². The number of guanidine groups is 1. The monoisotopic (exact) mass is 513 g/mol. The smallest absolute Gasteiger partial charge is 0.191 e. The number of ether oxygens (including phenoxy) is 1. The van der Waals surface area contributed by atoms with E-state index in [0.29, 0.717) is 6.54 Å². The van der Waals surface area contributed by atoms with Crippen molar-refractivity contribution in [1.82, 2.24) is 30.1 Å². The fourth-order valence-corrected chi connectivity index (χ4v) is 4.50. The number of hydrogen-bond donors (Lipinski definition) is 2. The lowest BCUT2D eigenvalue weighted by molar-refractivity contribution is -0.0352. The summed E-state index contributed by atoms with van der Waals surface area (Å²) in [5.74, 6) is 1.69. The zero-order valence-electron chi connectivity index (χ0n) is 17.1. The number of aliphatic imine (C=N–C) groups is 1. The molecule has 8 nitrogen and oxygen atoms in total. The van der Waals surface area contributed by atoms with Gasteiger partial charge in [0.05, 0.1) is 19.8 Å². The molecule has 2 aromatic heterocycles. The predicted octanol–water partition coefficient (Wildman–Crippen LogP) is 2.05. The molecule has 2 N–H and O–H groups in total. The van der Waals surface area contributed by atoms with Crippen LogP contribution >= 0.6 is 24.0 Å². The second-order valence-corrected chi connectivity index (χ2v) is 7.71. The van der Waals surface area contributed by atoms with Gasteiger partial charge in [0.1, 0.15) is 0 Å². The number of rotatable bonds is 5. The van der Waals surface area contributed by atoms with Crippen LogP contribution in [0.3, 0.4) is 0 Å². The molecule has 0 radical (unpaired) electrons. The molecule has 0 amide bonds. The van der Waals surface area contributed by atoms with Gasteiger partial charge in [0.25, 0.3) is 0 Å². The fraction of sp³-hybridized carbons (Fsp3) is 0.650. The van der Waals surface area contributed by atoms with Crippen LogP contribution in [0.5, 0.6) is 0 Å². The summed E-state index contributed by atoms with van der Waals surface area (Å²) >= 11 is 0. The highest BCUT2D eigenvalue weighted by Crippen LogP contribution is 2.33. The van der Waals surface area contributed by atoms with Crippen molar-refractivity contribution in [3.8, 4) is 0 Å². The van der Waals surface area contributed by atoms with Crippen LogP contribution in [0.1, 0.15) is 37.9 Å². The van der Waals surface area contributed by atoms with E-state index >= 15 is 0 Å². The SMILES string of the molecule is CN=C(NCc1nnc2ccccn12)NCC1(N2CCOCC2)CCCCC1.I. The summed E-state index contributed by atoms with van der Waals surface area (Å²) in [6.07, 6.45) is 8.42. The highest BCUT2D eigenvalue weighted by molar-refractivity contribution is 14.0. The average Bonchev–Trinajstić information content (AvgIpc) is 3.18. The Morgan fingerprint density at radius 1 is 1.14 bits per heavy atom. The number of hydrogen-bond acceptors (Lipinski definition) is 5. The van der Waals surface area contributed by atoms with Crippen molar-refractivity contribution in [2.24, 2.45) is 4.99 Å². The van der Waals surface area contributed by atoms with Gasteiger partial charge in [0, 0.05) is 38.4 Å². The highest BCUT2D eigenvalue weighted by atomic mass is 127. The van der Waals surface area contributed by atoms with Gasteiger partial charge >= 0.3 is 0 Å². The second-order valence-electron chi connectivity index (χ2n) is 7.71. The summed E-state index contributed by atoms with van der Waals surface area (Å²) in [5.41, 5.74) is 1.07. The van der Waals surface area contributed by atoms with Gasteiger partial charge in [0.2, 0.25) is 0 Å². The number of nitrogens with one attached hydrogen (secondary N) is 2. The van der Waals surface area contributed by atoms with Gasteiger partial charge in [-0.1, -0.05) is 25.3 Å². The molecule has 2 aliphatic rings. The van der Waals surface area contributed by atoms with E-state index in [1.54, 1.807) is 0 Å². The first kappa shape index (κ1) is 22.2. The Bertz CT molecular complexity index is 797. The van der Waals surface area contributed by atoms with Gasteiger partial charge in [0.15, 0.2) is 17.4 Å². The average molecular weight is 513 g/mol. The summed E-state index contributed by atoms with van der Waals surface area (Å²) in [6.45, 7) is 5.23. The van der Waals surface area contributed by atoms with Crippen molar-refractivity contribution in [3.05, 3.63) is 30.2 Å². The first-order chi connectivity index (χ1) is 13.8. The summed E-state index contributed by atoms with van der Waals surface area (Å²) < 4.78 is 7.58. The zero-order chi connectivity index (χ0) is 19.2. The number of pyridine rings is 1. The van der Waals surface area contributed by atoms with Crippen molar-refractivity contribution in [3.63, 3.8) is 0 Å². The molecule has 1 aliphatic carbocycles. The fourth-order valence-electron chi connectivity index (χ4n) is 4.50. The summed E-state index contributed by atoms with van der Waals surface area (Å²) in [4.78, 5) is 7.06. The normalized spacial score (nSPS) is 20.2. The molecule has 4 rings (SSSR count). The first-order valence-electron chi connectivity index (χ1n) is 10.4. The van der Waals surface area contributed by atoms with Crippen LogP contribution in [-0.4, -0.2) is 70.9 Å². The minimum absolute atomic E-state index is 0. The lowest BCUT2D eigenvalue weighted by Gasteiger charge is -2.48. The molecular weight excluding hydrogens is 481 g/mol. The number of nitrogens with zero attached hydrogens (tertiary/aromatic N) is 5. The molecule has 9 heteroatoms. The van der Waals surface area contributed by atoms with E-state index in [-0.39, 0.29) is 29.5 Å². The lowest BCUT2D eigenvalue weighted by atomic mass is 9.80. The summed E-state index contributed by atoms with van der Waals surface area (Å²) in [7, 11) is 1.82. The maximum atomic E-state index is 5.58. The Labute approximate surface area is 189 Å². The van der Waals surface area contributed by atoms with Crippen LogP contribution in [0.2, 0.25) is 0 Å². The topological polar surface area (TPSA) is 79.1 Å². The minimum Gasteiger partial charge on any atom is -0.379 e. The van der Waals surface area contributed by atoms with Gasteiger partial charge < -0.3 is 15.4 Å². The van der Waals surface area contributed by atoms with Crippen LogP contribution in [0, 0.1) is 0 Å². The molecule has 1 saturated heterocycles. The number of morpholine rings is 1. The van der Waals surface area contributed by atoms with Crippen molar-refractivity contribution in [2.75, 3.05) is 39.9 Å². The predicted molar refractivity (Wildman–Crippen MR) is 125 cm³/mol. The van der Waals surface area contributed by atoms with Crippen molar-refractivity contribution in [2.45, 2.75) is 44.2 Å². The first-order valence-corrected chi connectivity index (χ1v) is 10.4. The molecule has 3 heterocycles. The molecule has 160 valence electrons. The van der Waals surface area contributed by atoms with Crippen LogP contribution in [0.25, 0.3) is 5.65 Å². The van der Waals surface area contributed by atoms with Gasteiger partial charge in [-0.25, -0.2) is 0 Å². The molecule has 0 spiro atoms. The molecular formula is C20H32IN7O. The van der Waals surface area contributed by atoms with E-state index in [2.05, 4.69) is 30.7 Å².